The Labute approximate surface area is 116 Å². The summed E-state index contributed by atoms with van der Waals surface area (Å²) in [7, 11) is 0. The molecule has 19 heavy (non-hydrogen) atoms. The predicted molar refractivity (Wildman–Crippen MR) is 71.2 cm³/mol. The first kappa shape index (κ1) is 15.2. The quantitative estimate of drug-likeness (QED) is 0.456. The lowest BCUT2D eigenvalue weighted by Crippen LogP contribution is -2.13. The number of ether oxygens (including phenoxy) is 1. The highest BCUT2D eigenvalue weighted by atomic mass is 35.5. The second-order valence-corrected chi connectivity index (χ2v) is 4.17. The van der Waals surface area contributed by atoms with Crippen molar-refractivity contribution in [1.82, 2.24) is 0 Å². The molecule has 4 nitrogen and oxygen atoms in total. The Morgan fingerprint density at radius 3 is 2.74 bits per heavy atom. The molecule has 0 radical (unpaired) electrons. The van der Waals surface area contributed by atoms with E-state index in [4.69, 9.17) is 21.6 Å². The van der Waals surface area contributed by atoms with Crippen molar-refractivity contribution in [2.75, 3.05) is 12.5 Å². The van der Waals surface area contributed by atoms with Gasteiger partial charge in [-0.05, 0) is 18.6 Å². The molecule has 0 saturated carbocycles. The van der Waals surface area contributed by atoms with Crippen molar-refractivity contribution >= 4 is 23.4 Å². The number of Topliss-reactive ketones (excluding diaryl/α,β-unsaturated/α-hetero) is 1. The molecule has 0 heterocycles. The molecule has 1 aromatic carbocycles. The maximum atomic E-state index is 12.0. The van der Waals surface area contributed by atoms with E-state index in [9.17, 15) is 9.59 Å². The van der Waals surface area contributed by atoms with Crippen LogP contribution in [-0.4, -0.2) is 24.2 Å². The number of hydrogen-bond donors (Lipinski definition) is 0. The fraction of sp³-hybridized carbons (Fsp3) is 0.357. The van der Waals surface area contributed by atoms with Crippen molar-refractivity contribution in [2.24, 2.45) is 0 Å². The van der Waals surface area contributed by atoms with E-state index in [1.807, 2.05) is 6.07 Å². The number of hydrogen-bond acceptors (Lipinski definition) is 4. The molecule has 0 unspecified atom stereocenters. The first-order chi connectivity index (χ1) is 9.13. The summed E-state index contributed by atoms with van der Waals surface area (Å²) in [6.07, 6.45) is 0.114. The van der Waals surface area contributed by atoms with Gasteiger partial charge >= 0.3 is 5.97 Å². The zero-order valence-corrected chi connectivity index (χ0v) is 11.4. The zero-order valence-electron chi connectivity index (χ0n) is 10.6. The van der Waals surface area contributed by atoms with Crippen LogP contribution in [-0.2, 0) is 16.0 Å². The van der Waals surface area contributed by atoms with Gasteiger partial charge in [-0.15, -0.1) is 11.6 Å². The fourth-order valence-electron chi connectivity index (χ4n) is 1.75. The minimum Gasteiger partial charge on any atom is -0.466 e. The lowest BCUT2D eigenvalue weighted by Gasteiger charge is -2.09. The predicted octanol–water partition coefficient (Wildman–Crippen LogP) is 2.48. The van der Waals surface area contributed by atoms with Gasteiger partial charge in [-0.2, -0.15) is 5.26 Å². The summed E-state index contributed by atoms with van der Waals surface area (Å²) in [6, 6.07) is 6.81. The second-order valence-electron chi connectivity index (χ2n) is 3.80. The van der Waals surface area contributed by atoms with Crippen molar-refractivity contribution in [1.29, 1.82) is 5.26 Å². The molecule has 0 amide bonds. The number of esters is 1. The van der Waals surface area contributed by atoms with Crippen LogP contribution in [0, 0.1) is 11.3 Å². The highest BCUT2D eigenvalue weighted by Gasteiger charge is 2.18. The van der Waals surface area contributed by atoms with E-state index in [2.05, 4.69) is 0 Å². The fourth-order valence-corrected chi connectivity index (χ4v) is 1.92. The maximum Gasteiger partial charge on any atom is 0.310 e. The van der Waals surface area contributed by atoms with E-state index < -0.39 is 5.97 Å². The monoisotopic (exact) mass is 279 g/mol. The third-order valence-corrected chi connectivity index (χ3v) is 2.70. The lowest BCUT2D eigenvalue weighted by atomic mass is 9.95. The lowest BCUT2D eigenvalue weighted by molar-refractivity contribution is -0.142. The molecule has 1 aromatic rings. The van der Waals surface area contributed by atoms with Crippen molar-refractivity contribution in [3.05, 3.63) is 34.9 Å². The third kappa shape index (κ3) is 4.08. The van der Waals surface area contributed by atoms with E-state index in [0.29, 0.717) is 5.56 Å². The molecule has 100 valence electrons. The maximum absolute atomic E-state index is 12.0. The minimum absolute atomic E-state index is 0.0211. The number of rotatable bonds is 6. The summed E-state index contributed by atoms with van der Waals surface area (Å²) >= 11 is 5.55. The number of benzene rings is 1. The highest BCUT2D eigenvalue weighted by molar-refractivity contribution is 6.19. The van der Waals surface area contributed by atoms with Crippen LogP contribution < -0.4 is 0 Å². The molecule has 0 spiro atoms. The van der Waals surface area contributed by atoms with Crippen LogP contribution in [0.25, 0.3) is 0 Å². The third-order valence-electron chi connectivity index (χ3n) is 2.51. The number of carbonyl (C=O) groups is 2. The van der Waals surface area contributed by atoms with Crippen LogP contribution in [0.1, 0.15) is 34.8 Å². The summed E-state index contributed by atoms with van der Waals surface area (Å²) in [6.45, 7) is 1.99. The van der Waals surface area contributed by atoms with Crippen LogP contribution in [0.5, 0.6) is 0 Å². The van der Waals surface area contributed by atoms with Crippen LogP contribution in [0.15, 0.2) is 18.2 Å². The van der Waals surface area contributed by atoms with Crippen LogP contribution in [0.3, 0.4) is 0 Å². The largest absolute Gasteiger partial charge is 0.466 e. The molecule has 0 fully saturated rings. The van der Waals surface area contributed by atoms with Gasteiger partial charge < -0.3 is 4.74 Å². The Bertz CT molecular complexity index is 520. The van der Waals surface area contributed by atoms with Gasteiger partial charge in [-0.1, -0.05) is 12.1 Å². The smallest absolute Gasteiger partial charge is 0.310 e. The van der Waals surface area contributed by atoms with Gasteiger partial charge in [0.25, 0.3) is 0 Å². The minimum atomic E-state index is -0.419. The van der Waals surface area contributed by atoms with E-state index in [1.54, 1.807) is 25.1 Å². The molecule has 0 bridgehead atoms. The number of alkyl halides is 1. The molecular formula is C14H14ClNO3. The molecule has 5 heteroatoms. The number of carbonyl (C=O) groups excluding carboxylic acids is 2. The Hall–Kier alpha value is -1.86. The SMILES string of the molecule is CCOC(=O)Cc1cccc(C#N)c1C(=O)CCCl. The van der Waals surface area contributed by atoms with Crippen molar-refractivity contribution < 1.29 is 14.3 Å². The Morgan fingerprint density at radius 1 is 1.42 bits per heavy atom. The zero-order chi connectivity index (χ0) is 14.3. The number of halogens is 1. The van der Waals surface area contributed by atoms with Crippen LogP contribution >= 0.6 is 11.6 Å². The van der Waals surface area contributed by atoms with Gasteiger partial charge in [0, 0.05) is 17.9 Å². The van der Waals surface area contributed by atoms with E-state index in [-0.39, 0.29) is 42.2 Å². The van der Waals surface area contributed by atoms with Crippen molar-refractivity contribution in [3.8, 4) is 6.07 Å². The molecule has 0 aliphatic heterocycles. The highest BCUT2D eigenvalue weighted by Crippen LogP contribution is 2.18. The molecular weight excluding hydrogens is 266 g/mol. The van der Waals surface area contributed by atoms with Gasteiger partial charge in [-0.3, -0.25) is 9.59 Å². The molecule has 0 saturated heterocycles. The molecule has 0 aromatic heterocycles. The summed E-state index contributed by atoms with van der Waals surface area (Å²) in [5.74, 6) is -0.471. The molecule has 0 aliphatic carbocycles. The Balaban J connectivity index is 3.13. The number of nitrogens with zero attached hydrogens (tertiary/aromatic N) is 1. The standard InChI is InChI=1S/C14H14ClNO3/c1-2-19-13(18)8-10-4-3-5-11(9-16)14(10)12(17)6-7-15/h3-5H,2,6-8H2,1H3. The number of nitriles is 1. The van der Waals surface area contributed by atoms with E-state index >= 15 is 0 Å². The second kappa shape index (κ2) is 7.55. The van der Waals surface area contributed by atoms with Gasteiger partial charge in [0.2, 0.25) is 0 Å². The van der Waals surface area contributed by atoms with Gasteiger partial charge in [-0.25, -0.2) is 0 Å². The van der Waals surface area contributed by atoms with Crippen molar-refractivity contribution in [2.45, 2.75) is 19.8 Å². The summed E-state index contributed by atoms with van der Waals surface area (Å²) < 4.78 is 4.85. The molecule has 0 aliphatic rings. The summed E-state index contributed by atoms with van der Waals surface area (Å²) in [5.41, 5.74) is 1.04. The average molecular weight is 280 g/mol. The first-order valence-corrected chi connectivity index (χ1v) is 6.44. The van der Waals surface area contributed by atoms with E-state index in [1.165, 1.54) is 0 Å². The van der Waals surface area contributed by atoms with Crippen LogP contribution in [0.2, 0.25) is 0 Å². The summed E-state index contributed by atoms with van der Waals surface area (Å²) in [5, 5.41) is 9.05. The van der Waals surface area contributed by atoms with Gasteiger partial charge in [0.15, 0.2) is 5.78 Å². The number of ketones is 1. The van der Waals surface area contributed by atoms with Crippen molar-refractivity contribution in [3.63, 3.8) is 0 Å². The van der Waals surface area contributed by atoms with Crippen LogP contribution in [0.4, 0.5) is 0 Å². The Morgan fingerprint density at radius 2 is 2.16 bits per heavy atom. The molecule has 1 rings (SSSR count). The van der Waals surface area contributed by atoms with E-state index in [0.717, 1.165) is 0 Å². The van der Waals surface area contributed by atoms with Gasteiger partial charge in [0.05, 0.1) is 24.7 Å². The summed E-state index contributed by atoms with van der Waals surface area (Å²) in [4.78, 5) is 23.5. The first-order valence-electron chi connectivity index (χ1n) is 5.90. The topological polar surface area (TPSA) is 67.2 Å². The van der Waals surface area contributed by atoms with Gasteiger partial charge in [0.1, 0.15) is 0 Å². The average Bonchev–Trinajstić information content (AvgIpc) is 2.38. The normalized spacial score (nSPS) is 9.74. The molecule has 0 N–H and O–H groups in total. The Kier molecular flexibility index (Phi) is 6.04. The molecule has 0 atom stereocenters.